The molecule has 0 aliphatic carbocycles. The molecular weight excluding hydrogens is 456 g/mol. The molecule has 4 heterocycles. The van der Waals surface area contributed by atoms with Gasteiger partial charge >= 0.3 is 0 Å². The molecule has 6 nitrogen and oxygen atoms in total. The van der Waals surface area contributed by atoms with Crippen LogP contribution in [0.2, 0.25) is 0 Å². The molecule has 0 radical (unpaired) electrons. The molecule has 6 rings (SSSR count). The van der Waals surface area contributed by atoms with E-state index in [1.54, 1.807) is 10.8 Å². The van der Waals surface area contributed by atoms with Gasteiger partial charge in [-0.2, -0.15) is 9.50 Å². The van der Waals surface area contributed by atoms with E-state index < -0.39 is 0 Å². The van der Waals surface area contributed by atoms with Gasteiger partial charge in [-0.3, -0.25) is 4.90 Å². The molecule has 178 valence electrons. The number of thiazole rings is 1. The van der Waals surface area contributed by atoms with Crippen LogP contribution < -0.4 is 0 Å². The van der Waals surface area contributed by atoms with Crippen molar-refractivity contribution >= 4 is 16.3 Å². The van der Waals surface area contributed by atoms with Gasteiger partial charge in [-0.1, -0.05) is 71.5 Å². The number of hydrogen-bond donors (Lipinski definition) is 1. The van der Waals surface area contributed by atoms with Gasteiger partial charge in [-0.15, -0.1) is 5.10 Å². The fourth-order valence-electron chi connectivity index (χ4n) is 5.08. The molecule has 1 N–H and O–H groups in total. The quantitative estimate of drug-likeness (QED) is 0.315. The Balaban J connectivity index is 1.29. The summed E-state index contributed by atoms with van der Waals surface area (Å²) < 4.78 is 6.98. The molecule has 1 aliphatic rings. The summed E-state index contributed by atoms with van der Waals surface area (Å²) in [4.78, 5) is 8.69. The molecule has 2 aromatic carbocycles. The molecular formula is C28H28N4O2S. The van der Waals surface area contributed by atoms with Gasteiger partial charge in [-0.25, -0.2) is 0 Å². The van der Waals surface area contributed by atoms with Crippen LogP contribution in [-0.2, 0) is 6.42 Å². The second-order valence-corrected chi connectivity index (χ2v) is 10.4. The van der Waals surface area contributed by atoms with E-state index in [4.69, 9.17) is 4.42 Å². The van der Waals surface area contributed by atoms with E-state index in [1.807, 2.05) is 12.1 Å². The highest BCUT2D eigenvalue weighted by Gasteiger charge is 2.32. The Morgan fingerprint density at radius 3 is 2.49 bits per heavy atom. The Morgan fingerprint density at radius 1 is 1.03 bits per heavy atom. The minimum Gasteiger partial charge on any atom is -0.492 e. The summed E-state index contributed by atoms with van der Waals surface area (Å²) in [5.74, 6) is 1.92. The van der Waals surface area contributed by atoms with Gasteiger partial charge in [0.1, 0.15) is 0 Å². The third-order valence-electron chi connectivity index (χ3n) is 6.96. The summed E-state index contributed by atoms with van der Waals surface area (Å²) >= 11 is 1.50. The van der Waals surface area contributed by atoms with Crippen LogP contribution in [0.5, 0.6) is 5.88 Å². The number of aryl methyl sites for hydroxylation is 1. The molecule has 35 heavy (non-hydrogen) atoms. The number of aromatic nitrogens is 3. The van der Waals surface area contributed by atoms with Gasteiger partial charge < -0.3 is 9.52 Å². The molecule has 1 aliphatic heterocycles. The zero-order valence-electron chi connectivity index (χ0n) is 19.7. The molecule has 1 fully saturated rings. The highest BCUT2D eigenvalue weighted by molar-refractivity contribution is 7.17. The zero-order valence-corrected chi connectivity index (χ0v) is 20.5. The molecule has 0 bridgehead atoms. The smallest absolute Gasteiger partial charge is 0.230 e. The van der Waals surface area contributed by atoms with Crippen LogP contribution in [0, 0.1) is 12.8 Å². The Bertz CT molecular complexity index is 1400. The molecule has 7 heteroatoms. The molecule has 0 amide bonds. The van der Waals surface area contributed by atoms with E-state index in [-0.39, 0.29) is 11.9 Å². The van der Waals surface area contributed by atoms with Crippen molar-refractivity contribution < 1.29 is 9.52 Å². The number of likely N-dealkylation sites (tertiary alicyclic amines) is 1. The fraction of sp³-hybridized carbons (Fsp3) is 0.286. The van der Waals surface area contributed by atoms with Gasteiger partial charge in [0.15, 0.2) is 5.76 Å². The van der Waals surface area contributed by atoms with Crippen molar-refractivity contribution in [2.75, 3.05) is 13.1 Å². The van der Waals surface area contributed by atoms with Crippen molar-refractivity contribution in [3.05, 3.63) is 94.6 Å². The van der Waals surface area contributed by atoms with Crippen molar-refractivity contribution in [2.24, 2.45) is 5.92 Å². The van der Waals surface area contributed by atoms with E-state index in [2.05, 4.69) is 76.5 Å². The Morgan fingerprint density at radius 2 is 1.80 bits per heavy atom. The largest absolute Gasteiger partial charge is 0.492 e. The first kappa shape index (κ1) is 22.1. The number of rotatable bonds is 6. The standard InChI is InChI=1S/C28H28N4O2S/c1-19-9-11-22(12-10-19)24(31-15-13-21(14-16-31)18-20-6-3-2-4-7-20)25-27(33)32-28(35-25)29-26(30-32)23-8-5-17-34-23/h2-12,17,21,24,33H,13-16,18H2,1H3/t24-/m1/s1. The van der Waals surface area contributed by atoms with E-state index in [9.17, 15) is 5.11 Å². The predicted molar refractivity (Wildman–Crippen MR) is 138 cm³/mol. The van der Waals surface area contributed by atoms with Crippen molar-refractivity contribution in [1.82, 2.24) is 19.5 Å². The summed E-state index contributed by atoms with van der Waals surface area (Å²) in [6, 6.07) is 23.0. The number of furan rings is 1. The first-order chi connectivity index (χ1) is 17.2. The first-order valence-corrected chi connectivity index (χ1v) is 12.9. The van der Waals surface area contributed by atoms with E-state index in [0.717, 1.165) is 37.2 Å². The highest BCUT2D eigenvalue weighted by Crippen LogP contribution is 2.42. The number of benzene rings is 2. The van der Waals surface area contributed by atoms with Crippen LogP contribution in [0.1, 0.15) is 40.5 Å². The third kappa shape index (κ3) is 4.37. The molecule has 0 unspecified atom stereocenters. The first-order valence-electron chi connectivity index (χ1n) is 12.1. The van der Waals surface area contributed by atoms with Gasteiger partial charge in [0.2, 0.25) is 16.7 Å². The number of fused-ring (bicyclic) bond motifs is 1. The maximum Gasteiger partial charge on any atom is 0.230 e. The van der Waals surface area contributed by atoms with Crippen LogP contribution in [0.15, 0.2) is 77.4 Å². The van der Waals surface area contributed by atoms with Crippen molar-refractivity contribution in [3.8, 4) is 17.5 Å². The van der Waals surface area contributed by atoms with Crippen molar-refractivity contribution in [2.45, 2.75) is 32.2 Å². The minimum absolute atomic E-state index is 0.0335. The Hall–Kier alpha value is -3.42. The van der Waals surface area contributed by atoms with Crippen LogP contribution in [-0.4, -0.2) is 37.7 Å². The van der Waals surface area contributed by atoms with E-state index in [0.29, 0.717) is 22.5 Å². The average molecular weight is 485 g/mol. The molecule has 1 saturated heterocycles. The van der Waals surface area contributed by atoms with Crippen molar-refractivity contribution in [1.29, 1.82) is 0 Å². The summed E-state index contributed by atoms with van der Waals surface area (Å²) in [5.41, 5.74) is 3.82. The monoisotopic (exact) mass is 484 g/mol. The van der Waals surface area contributed by atoms with E-state index in [1.165, 1.54) is 28.0 Å². The molecule has 5 aromatic rings. The van der Waals surface area contributed by atoms with Gasteiger partial charge in [0, 0.05) is 0 Å². The Labute approximate surface area is 208 Å². The maximum absolute atomic E-state index is 11.3. The van der Waals surface area contributed by atoms with Gasteiger partial charge in [-0.05, 0) is 68.5 Å². The molecule has 1 atom stereocenters. The second-order valence-electron chi connectivity index (χ2n) is 9.38. The lowest BCUT2D eigenvalue weighted by atomic mass is 9.88. The molecule has 0 saturated carbocycles. The molecule has 3 aromatic heterocycles. The minimum atomic E-state index is -0.0335. The summed E-state index contributed by atoms with van der Waals surface area (Å²) in [6.07, 6.45) is 5.01. The normalized spacial score (nSPS) is 16.1. The fourth-order valence-corrected chi connectivity index (χ4v) is 6.20. The van der Waals surface area contributed by atoms with Crippen molar-refractivity contribution in [3.63, 3.8) is 0 Å². The zero-order chi connectivity index (χ0) is 23.8. The van der Waals surface area contributed by atoms with Crippen LogP contribution >= 0.6 is 11.3 Å². The molecule has 0 spiro atoms. The Kier molecular flexibility index (Phi) is 5.88. The SMILES string of the molecule is Cc1ccc([C@H](c2sc3nc(-c4ccco4)nn3c2O)N2CCC(Cc3ccccc3)CC2)cc1. The number of piperidine rings is 1. The lowest BCUT2D eigenvalue weighted by Crippen LogP contribution is -2.37. The van der Waals surface area contributed by atoms with Crippen LogP contribution in [0.3, 0.4) is 0 Å². The third-order valence-corrected chi connectivity index (χ3v) is 8.04. The average Bonchev–Trinajstić information content (AvgIpc) is 3.61. The van der Waals surface area contributed by atoms with Gasteiger partial charge in [0.05, 0.1) is 17.2 Å². The lowest BCUT2D eigenvalue weighted by molar-refractivity contribution is 0.150. The summed E-state index contributed by atoms with van der Waals surface area (Å²) in [7, 11) is 0. The summed E-state index contributed by atoms with van der Waals surface area (Å²) in [6.45, 7) is 4.08. The maximum atomic E-state index is 11.3. The van der Waals surface area contributed by atoms with E-state index >= 15 is 0 Å². The number of aromatic hydroxyl groups is 1. The number of nitrogens with zero attached hydrogens (tertiary/aromatic N) is 4. The highest BCUT2D eigenvalue weighted by atomic mass is 32.1. The second kappa shape index (κ2) is 9.32. The summed E-state index contributed by atoms with van der Waals surface area (Å²) in [5, 5.41) is 15.8. The lowest BCUT2D eigenvalue weighted by Gasteiger charge is -2.37. The number of hydrogen-bond acceptors (Lipinski definition) is 6. The van der Waals surface area contributed by atoms with Crippen LogP contribution in [0.25, 0.3) is 16.5 Å². The predicted octanol–water partition coefficient (Wildman–Crippen LogP) is 6.11. The van der Waals surface area contributed by atoms with Gasteiger partial charge in [0.25, 0.3) is 0 Å². The topological polar surface area (TPSA) is 66.8 Å². The van der Waals surface area contributed by atoms with Crippen LogP contribution in [0.4, 0.5) is 0 Å².